The van der Waals surface area contributed by atoms with Crippen LogP contribution in [0, 0.1) is 0 Å². The number of aryl methyl sites for hydroxylation is 1. The van der Waals surface area contributed by atoms with E-state index in [0.717, 1.165) is 11.7 Å². The van der Waals surface area contributed by atoms with Crippen LogP contribution in [-0.2, 0) is 7.05 Å². The molecule has 0 bridgehead atoms. The number of rotatable bonds is 4. The Kier molecular flexibility index (Phi) is 4.23. The van der Waals surface area contributed by atoms with Gasteiger partial charge < -0.3 is 5.32 Å². The van der Waals surface area contributed by atoms with E-state index >= 15 is 0 Å². The quantitative estimate of drug-likeness (QED) is 0.872. The molecule has 0 amide bonds. The first-order valence-electron chi connectivity index (χ1n) is 6.03. The summed E-state index contributed by atoms with van der Waals surface area (Å²) in [5.74, 6) is 0. The average molecular weight is 240 g/mol. The van der Waals surface area contributed by atoms with Crippen LogP contribution in [0.2, 0.25) is 0 Å². The van der Waals surface area contributed by atoms with E-state index in [4.69, 9.17) is 0 Å². The van der Waals surface area contributed by atoms with Gasteiger partial charge in [0.25, 0.3) is 0 Å². The minimum atomic E-state index is 0.695. The molecule has 1 heterocycles. The zero-order valence-corrected chi connectivity index (χ0v) is 10.8. The van der Waals surface area contributed by atoms with Gasteiger partial charge in [-0.15, -0.1) is 0 Å². The summed E-state index contributed by atoms with van der Waals surface area (Å²) in [5.41, 5.74) is 0. The predicted octanol–water partition coefficient (Wildman–Crippen LogP) is 1.83. The summed E-state index contributed by atoms with van der Waals surface area (Å²) in [6, 6.07) is 0.699. The normalized spacial score (nSPS) is 25.9. The summed E-state index contributed by atoms with van der Waals surface area (Å²) >= 11 is 1.88. The minimum absolute atomic E-state index is 0.695. The second-order valence-electron chi connectivity index (χ2n) is 4.33. The highest BCUT2D eigenvalue weighted by Crippen LogP contribution is 2.32. The Balaban J connectivity index is 1.88. The van der Waals surface area contributed by atoms with E-state index in [9.17, 15) is 0 Å². The molecule has 4 nitrogen and oxygen atoms in total. The van der Waals surface area contributed by atoms with Crippen LogP contribution in [0.15, 0.2) is 11.5 Å². The first kappa shape index (κ1) is 11.9. The third-order valence-electron chi connectivity index (χ3n) is 3.06. The van der Waals surface area contributed by atoms with Gasteiger partial charge in [-0.05, 0) is 25.8 Å². The molecule has 5 heteroatoms. The Morgan fingerprint density at radius 3 is 3.12 bits per heavy atom. The van der Waals surface area contributed by atoms with Crippen molar-refractivity contribution in [1.29, 1.82) is 0 Å². The maximum Gasteiger partial charge on any atom is 0.186 e. The summed E-state index contributed by atoms with van der Waals surface area (Å²) in [5, 5.41) is 9.40. The SMILES string of the molecule is CCNC1CCCC(Sc2ncnn2C)C1. The lowest BCUT2D eigenvalue weighted by Crippen LogP contribution is -2.34. The molecule has 1 aromatic rings. The Bertz CT molecular complexity index is 324. The van der Waals surface area contributed by atoms with Gasteiger partial charge in [0.1, 0.15) is 6.33 Å². The molecule has 0 spiro atoms. The average Bonchev–Trinajstić information content (AvgIpc) is 2.66. The van der Waals surface area contributed by atoms with Crippen LogP contribution in [0.5, 0.6) is 0 Å². The predicted molar refractivity (Wildman–Crippen MR) is 66.6 cm³/mol. The molecular formula is C11H20N4S. The molecule has 16 heavy (non-hydrogen) atoms. The van der Waals surface area contributed by atoms with Crippen LogP contribution in [0.4, 0.5) is 0 Å². The van der Waals surface area contributed by atoms with Crippen molar-refractivity contribution in [3.05, 3.63) is 6.33 Å². The van der Waals surface area contributed by atoms with Crippen molar-refractivity contribution in [1.82, 2.24) is 20.1 Å². The van der Waals surface area contributed by atoms with Gasteiger partial charge in [0.05, 0.1) is 0 Å². The molecule has 1 aliphatic carbocycles. The second kappa shape index (κ2) is 5.68. The summed E-state index contributed by atoms with van der Waals surface area (Å²) in [7, 11) is 1.96. The van der Waals surface area contributed by atoms with E-state index in [-0.39, 0.29) is 0 Å². The lowest BCUT2D eigenvalue weighted by molar-refractivity contribution is 0.387. The lowest BCUT2D eigenvalue weighted by Gasteiger charge is -2.28. The van der Waals surface area contributed by atoms with E-state index < -0.39 is 0 Å². The van der Waals surface area contributed by atoms with Crippen LogP contribution in [0.25, 0.3) is 0 Å². The van der Waals surface area contributed by atoms with Crippen molar-refractivity contribution in [3.8, 4) is 0 Å². The van der Waals surface area contributed by atoms with Gasteiger partial charge in [0, 0.05) is 18.3 Å². The van der Waals surface area contributed by atoms with Crippen LogP contribution in [-0.4, -0.2) is 32.6 Å². The summed E-state index contributed by atoms with van der Waals surface area (Å²) in [6.45, 7) is 3.26. The van der Waals surface area contributed by atoms with E-state index in [1.807, 2.05) is 23.5 Å². The van der Waals surface area contributed by atoms with Gasteiger partial charge in [0.2, 0.25) is 0 Å². The fraction of sp³-hybridized carbons (Fsp3) is 0.818. The summed E-state index contributed by atoms with van der Waals surface area (Å²) < 4.78 is 1.86. The molecule has 90 valence electrons. The van der Waals surface area contributed by atoms with E-state index in [2.05, 4.69) is 22.3 Å². The molecule has 0 aromatic carbocycles. The highest BCUT2D eigenvalue weighted by molar-refractivity contribution is 7.99. The molecule has 2 rings (SSSR count). The fourth-order valence-corrected chi connectivity index (χ4v) is 3.49. The molecule has 2 unspecified atom stereocenters. The third-order valence-corrected chi connectivity index (χ3v) is 4.40. The monoisotopic (exact) mass is 240 g/mol. The van der Waals surface area contributed by atoms with Crippen LogP contribution in [0.1, 0.15) is 32.6 Å². The van der Waals surface area contributed by atoms with Gasteiger partial charge >= 0.3 is 0 Å². The van der Waals surface area contributed by atoms with Gasteiger partial charge in [0.15, 0.2) is 5.16 Å². The van der Waals surface area contributed by atoms with Crippen LogP contribution < -0.4 is 5.32 Å². The standard InChI is InChI=1S/C11H20N4S/c1-3-12-9-5-4-6-10(7-9)16-11-13-8-14-15(11)2/h8-10,12H,3-7H2,1-2H3. The smallest absolute Gasteiger partial charge is 0.186 e. The van der Waals surface area contributed by atoms with Crippen molar-refractivity contribution in [3.63, 3.8) is 0 Å². The molecule has 0 aliphatic heterocycles. The first-order valence-corrected chi connectivity index (χ1v) is 6.91. The molecular weight excluding hydrogens is 220 g/mol. The topological polar surface area (TPSA) is 42.7 Å². The van der Waals surface area contributed by atoms with Crippen molar-refractivity contribution >= 4 is 11.8 Å². The molecule has 1 N–H and O–H groups in total. The molecule has 1 aromatic heterocycles. The lowest BCUT2D eigenvalue weighted by atomic mass is 9.95. The van der Waals surface area contributed by atoms with E-state index in [1.165, 1.54) is 25.7 Å². The van der Waals surface area contributed by atoms with Gasteiger partial charge in [-0.3, -0.25) is 0 Å². The Hall–Kier alpha value is -0.550. The van der Waals surface area contributed by atoms with E-state index in [1.54, 1.807) is 6.33 Å². The Morgan fingerprint density at radius 2 is 2.44 bits per heavy atom. The maximum absolute atomic E-state index is 4.28. The number of nitrogens with zero attached hydrogens (tertiary/aromatic N) is 3. The highest BCUT2D eigenvalue weighted by Gasteiger charge is 2.23. The van der Waals surface area contributed by atoms with Gasteiger partial charge in [-0.2, -0.15) is 5.10 Å². The van der Waals surface area contributed by atoms with E-state index in [0.29, 0.717) is 11.3 Å². The zero-order valence-electron chi connectivity index (χ0n) is 10.0. The number of thioether (sulfide) groups is 1. The van der Waals surface area contributed by atoms with Crippen LogP contribution >= 0.6 is 11.8 Å². The van der Waals surface area contributed by atoms with Crippen molar-refractivity contribution < 1.29 is 0 Å². The molecule has 1 saturated carbocycles. The van der Waals surface area contributed by atoms with Gasteiger partial charge in [-0.1, -0.05) is 25.1 Å². The Labute approximate surface area is 101 Å². The third kappa shape index (κ3) is 2.98. The zero-order chi connectivity index (χ0) is 11.4. The molecule has 0 saturated heterocycles. The number of hydrogen-bond donors (Lipinski definition) is 1. The second-order valence-corrected chi connectivity index (χ2v) is 5.59. The molecule has 2 atom stereocenters. The maximum atomic E-state index is 4.28. The minimum Gasteiger partial charge on any atom is -0.314 e. The number of hydrogen-bond acceptors (Lipinski definition) is 4. The van der Waals surface area contributed by atoms with Crippen LogP contribution in [0.3, 0.4) is 0 Å². The summed E-state index contributed by atoms with van der Waals surface area (Å²) in [4.78, 5) is 4.28. The Morgan fingerprint density at radius 1 is 1.56 bits per heavy atom. The van der Waals surface area contributed by atoms with Crippen molar-refractivity contribution in [2.24, 2.45) is 7.05 Å². The number of aromatic nitrogens is 3. The molecule has 1 fully saturated rings. The molecule has 1 aliphatic rings. The number of nitrogens with one attached hydrogen (secondary N) is 1. The largest absolute Gasteiger partial charge is 0.314 e. The molecule has 0 radical (unpaired) electrons. The van der Waals surface area contributed by atoms with Gasteiger partial charge in [-0.25, -0.2) is 9.67 Å². The van der Waals surface area contributed by atoms with Crippen molar-refractivity contribution in [2.75, 3.05) is 6.54 Å². The fourth-order valence-electron chi connectivity index (χ4n) is 2.27. The highest BCUT2D eigenvalue weighted by atomic mass is 32.2. The van der Waals surface area contributed by atoms with Crippen molar-refractivity contribution in [2.45, 2.75) is 49.1 Å². The first-order chi connectivity index (χ1) is 7.79. The summed E-state index contributed by atoms with van der Waals surface area (Å²) in [6.07, 6.45) is 6.84.